The van der Waals surface area contributed by atoms with Crippen LogP contribution in [0.2, 0.25) is 0 Å². The summed E-state index contributed by atoms with van der Waals surface area (Å²) in [6.45, 7) is 1.09. The average Bonchev–Trinajstić information content (AvgIpc) is 4.16. The van der Waals surface area contributed by atoms with Crippen molar-refractivity contribution in [2.75, 3.05) is 27.3 Å². The second-order valence-corrected chi connectivity index (χ2v) is 17.2. The number of aromatic amines is 2. The molecule has 2 aliphatic heterocycles. The number of carbonyl (C=O) groups is 4. The number of nitrogens with one attached hydrogen (secondary N) is 4. The van der Waals surface area contributed by atoms with Crippen molar-refractivity contribution in [3.63, 3.8) is 0 Å². The van der Waals surface area contributed by atoms with Gasteiger partial charge in [0, 0.05) is 24.2 Å². The topological polar surface area (TPSA) is 188 Å². The lowest BCUT2D eigenvalue weighted by molar-refractivity contribution is -0.138. The predicted octanol–water partition coefficient (Wildman–Crippen LogP) is 9.05. The molecule has 2 fully saturated rings. The van der Waals surface area contributed by atoms with Gasteiger partial charge in [0.25, 0.3) is 11.8 Å². The van der Waals surface area contributed by atoms with Crippen LogP contribution >= 0.6 is 11.3 Å². The summed E-state index contributed by atoms with van der Waals surface area (Å²) in [5.74, 6) is 0.967. The van der Waals surface area contributed by atoms with E-state index in [1.54, 1.807) is 17.5 Å². The summed E-state index contributed by atoms with van der Waals surface area (Å²) in [4.78, 5) is 78.0. The van der Waals surface area contributed by atoms with Crippen molar-refractivity contribution in [3.05, 3.63) is 138 Å². The molecular weight excluding hydrogens is 843 g/mol. The number of carbonyl (C=O) groups excluding carboxylic acids is 4. The van der Waals surface area contributed by atoms with Gasteiger partial charge in [-0.05, 0) is 67.3 Å². The maximum absolute atomic E-state index is 14.1. The highest BCUT2D eigenvalue weighted by Gasteiger charge is 2.37. The van der Waals surface area contributed by atoms with Crippen molar-refractivity contribution in [3.8, 4) is 33.1 Å². The number of likely N-dealkylation sites (tertiary alicyclic amines) is 2. The number of hydrogen-bond acceptors (Lipinski definition) is 10. The smallest absolute Gasteiger partial charge is 0.407 e. The highest BCUT2D eigenvalue weighted by molar-refractivity contribution is 7.21. The Kier molecular flexibility index (Phi) is 12.7. The van der Waals surface area contributed by atoms with Crippen LogP contribution in [0.4, 0.5) is 9.59 Å². The van der Waals surface area contributed by atoms with Gasteiger partial charge in [0.2, 0.25) is 0 Å². The van der Waals surface area contributed by atoms with E-state index >= 15 is 0 Å². The summed E-state index contributed by atoms with van der Waals surface area (Å²) in [5.41, 5.74) is 6.78. The number of nitrogens with zero attached hydrogens (tertiary/aromatic N) is 5. The van der Waals surface area contributed by atoms with Crippen LogP contribution < -0.4 is 10.6 Å². The molecule has 16 heteroatoms. The number of ether oxygens (including phenoxy) is 2. The van der Waals surface area contributed by atoms with Crippen LogP contribution in [0.25, 0.3) is 43.3 Å². The zero-order valence-electron chi connectivity index (χ0n) is 36.0. The molecule has 4 N–H and O–H groups in total. The van der Waals surface area contributed by atoms with Crippen molar-refractivity contribution in [2.24, 2.45) is 0 Å². The van der Waals surface area contributed by atoms with Gasteiger partial charge in [-0.2, -0.15) is 0 Å². The Morgan fingerprint density at radius 3 is 1.62 bits per heavy atom. The minimum absolute atomic E-state index is 0.213. The lowest BCUT2D eigenvalue weighted by Crippen LogP contribution is -2.46. The van der Waals surface area contributed by atoms with Gasteiger partial charge >= 0.3 is 12.2 Å². The molecule has 2 aliphatic rings. The number of rotatable bonds is 11. The SMILES string of the molecule is COC(=O)NC(C(=O)N1CCCCC1c1ncc(-c2ccc(-c3nc4ccc(-c5cnc(C6CCCCN6C(=O)C(NC(=O)OC)c6ccccc6)[nH]5)cc4s3)cc2)[nH]1)c1ccccc1. The molecule has 0 bridgehead atoms. The summed E-state index contributed by atoms with van der Waals surface area (Å²) in [7, 11) is 2.57. The first-order valence-electron chi connectivity index (χ1n) is 21.8. The van der Waals surface area contributed by atoms with Crippen LogP contribution in [0.5, 0.6) is 0 Å². The summed E-state index contributed by atoms with van der Waals surface area (Å²) >= 11 is 1.60. The largest absolute Gasteiger partial charge is 0.453 e. The van der Waals surface area contributed by atoms with E-state index in [1.165, 1.54) is 14.2 Å². The van der Waals surface area contributed by atoms with Gasteiger partial charge in [-0.3, -0.25) is 9.59 Å². The number of hydrogen-bond donors (Lipinski definition) is 4. The van der Waals surface area contributed by atoms with E-state index in [1.807, 2.05) is 101 Å². The lowest BCUT2D eigenvalue weighted by Gasteiger charge is -2.37. The molecule has 0 radical (unpaired) electrons. The molecule has 9 rings (SSSR count). The van der Waals surface area contributed by atoms with Gasteiger partial charge in [0.05, 0.1) is 60.3 Å². The van der Waals surface area contributed by atoms with E-state index in [0.717, 1.165) is 81.8 Å². The van der Waals surface area contributed by atoms with E-state index in [2.05, 4.69) is 38.8 Å². The van der Waals surface area contributed by atoms with Crippen LogP contribution in [-0.2, 0) is 19.1 Å². The van der Waals surface area contributed by atoms with Crippen molar-refractivity contribution >= 4 is 45.6 Å². The maximum Gasteiger partial charge on any atom is 0.407 e. The molecule has 3 aromatic heterocycles. The summed E-state index contributed by atoms with van der Waals surface area (Å²) in [5, 5.41) is 6.36. The number of aromatic nitrogens is 5. The number of fused-ring (bicyclic) bond motifs is 1. The van der Waals surface area contributed by atoms with Gasteiger partial charge in [0.1, 0.15) is 28.7 Å². The number of piperidine rings is 2. The second kappa shape index (κ2) is 19.2. The number of benzene rings is 4. The number of thiazole rings is 1. The summed E-state index contributed by atoms with van der Waals surface area (Å²) < 4.78 is 10.8. The Morgan fingerprint density at radius 2 is 1.11 bits per heavy atom. The molecule has 0 spiro atoms. The van der Waals surface area contributed by atoms with Gasteiger partial charge in [0.15, 0.2) is 0 Å². The number of alkyl carbamates (subject to hydrolysis) is 2. The van der Waals surface area contributed by atoms with Crippen LogP contribution in [0.1, 0.15) is 85.5 Å². The molecule has 2 saturated heterocycles. The number of methoxy groups -OCH3 is 2. The normalized spacial score (nSPS) is 17.3. The van der Waals surface area contributed by atoms with Gasteiger partial charge < -0.3 is 39.9 Å². The molecule has 5 heterocycles. The molecule has 0 aliphatic carbocycles. The quantitative estimate of drug-likeness (QED) is 0.0983. The van der Waals surface area contributed by atoms with E-state index in [9.17, 15) is 19.2 Å². The number of H-pyrrole nitrogens is 2. The molecule has 0 saturated carbocycles. The van der Waals surface area contributed by atoms with Gasteiger partial charge in [-0.25, -0.2) is 24.5 Å². The minimum Gasteiger partial charge on any atom is -0.453 e. The van der Waals surface area contributed by atoms with Crippen LogP contribution in [0.3, 0.4) is 0 Å². The van der Waals surface area contributed by atoms with E-state index in [0.29, 0.717) is 35.9 Å². The summed E-state index contributed by atoms with van der Waals surface area (Å²) in [6.07, 6.45) is 7.35. The Balaban J connectivity index is 0.896. The number of imidazole rings is 2. The van der Waals surface area contributed by atoms with E-state index < -0.39 is 24.3 Å². The zero-order chi connectivity index (χ0) is 44.9. The zero-order valence-corrected chi connectivity index (χ0v) is 36.8. The van der Waals surface area contributed by atoms with Crippen molar-refractivity contribution < 1.29 is 28.7 Å². The molecule has 4 atom stereocenters. The fourth-order valence-electron chi connectivity index (χ4n) is 8.82. The molecule has 7 aromatic rings. The monoisotopic (exact) mass is 891 g/mol. The Bertz CT molecular complexity index is 2790. The van der Waals surface area contributed by atoms with E-state index in [4.69, 9.17) is 24.4 Å². The number of amides is 4. The van der Waals surface area contributed by atoms with Crippen LogP contribution in [-0.4, -0.2) is 86.0 Å². The minimum atomic E-state index is -0.897. The van der Waals surface area contributed by atoms with Crippen LogP contribution in [0, 0.1) is 0 Å². The molecular formula is C49H49N9O6S. The average molecular weight is 892 g/mol. The standard InChI is InChI=1S/C49H49N9O6S/c1-63-48(61)55-41(31-13-5-3-6-14-31)46(59)57-25-11-9-17-38(57)43-50-28-36(52-43)30-19-21-33(22-20-30)45-54-35-24-23-34(27-40(35)65-45)37-29-51-44(53-37)39-18-10-12-26-58(39)47(60)42(56-49(62)64-2)32-15-7-4-8-16-32/h3-8,13-16,19-24,27-29,38-39,41-42H,9-12,17-18,25-26H2,1-2H3,(H,50,52)(H,51,53)(H,55,61)(H,56,62). The highest BCUT2D eigenvalue weighted by Crippen LogP contribution is 2.37. The van der Waals surface area contributed by atoms with Crippen molar-refractivity contribution in [2.45, 2.75) is 62.7 Å². The first-order chi connectivity index (χ1) is 31.8. The third kappa shape index (κ3) is 9.20. The Hall–Kier alpha value is -7.33. The Labute approximate surface area is 379 Å². The fourth-order valence-corrected chi connectivity index (χ4v) is 9.83. The third-order valence-corrected chi connectivity index (χ3v) is 13.3. The van der Waals surface area contributed by atoms with Gasteiger partial charge in [-0.15, -0.1) is 11.3 Å². The maximum atomic E-state index is 14.1. The van der Waals surface area contributed by atoms with Gasteiger partial charge in [-0.1, -0.05) is 91.0 Å². The molecule has 4 amide bonds. The first kappa shape index (κ1) is 42.9. The Morgan fingerprint density at radius 1 is 0.631 bits per heavy atom. The molecule has 4 aromatic carbocycles. The summed E-state index contributed by atoms with van der Waals surface area (Å²) in [6, 6.07) is 30.4. The highest BCUT2D eigenvalue weighted by atomic mass is 32.1. The van der Waals surface area contributed by atoms with Crippen LogP contribution in [0.15, 0.2) is 116 Å². The second-order valence-electron chi connectivity index (χ2n) is 16.2. The molecule has 4 unspecified atom stereocenters. The predicted molar refractivity (Wildman–Crippen MR) is 246 cm³/mol. The third-order valence-electron chi connectivity index (χ3n) is 12.2. The van der Waals surface area contributed by atoms with Crippen molar-refractivity contribution in [1.82, 2.24) is 45.4 Å². The lowest BCUT2D eigenvalue weighted by atomic mass is 9.98. The fraction of sp³-hybridized carbons (Fsp3) is 0.286. The molecule has 332 valence electrons. The first-order valence-corrected chi connectivity index (χ1v) is 22.6. The van der Waals surface area contributed by atoms with E-state index in [-0.39, 0.29) is 23.9 Å². The van der Waals surface area contributed by atoms with Crippen molar-refractivity contribution in [1.29, 1.82) is 0 Å². The molecule has 65 heavy (non-hydrogen) atoms. The molecule has 15 nitrogen and oxygen atoms in total.